The zero-order valence-corrected chi connectivity index (χ0v) is 16.2. The van der Waals surface area contributed by atoms with Crippen molar-refractivity contribution in [1.29, 1.82) is 0 Å². The minimum absolute atomic E-state index is 0.0657. The Hall–Kier alpha value is -0.990. The van der Waals surface area contributed by atoms with Crippen molar-refractivity contribution in [2.75, 3.05) is 0 Å². The van der Waals surface area contributed by atoms with Crippen molar-refractivity contribution in [3.05, 3.63) is 0 Å². The molecule has 0 aromatic heterocycles. The van der Waals surface area contributed by atoms with Gasteiger partial charge in [-0.3, -0.25) is 0 Å². The molecule has 0 saturated heterocycles. The molecule has 0 aromatic rings. The second-order valence-electron chi connectivity index (χ2n) is 7.08. The quantitative estimate of drug-likeness (QED) is 0.285. The van der Waals surface area contributed by atoms with Crippen LogP contribution in [0.2, 0.25) is 0 Å². The van der Waals surface area contributed by atoms with Gasteiger partial charge in [0.25, 0.3) is 0 Å². The Kier molecular flexibility index (Phi) is 13.8. The SMILES string of the molecule is CCCCC(CC)C(C=O)C(CCCC=O)C(C=O)C(CC)CC. The minimum Gasteiger partial charge on any atom is -0.303 e. The molecule has 3 heteroatoms. The molecule has 4 atom stereocenters. The molecule has 3 nitrogen and oxygen atoms in total. The smallest absolute Gasteiger partial charge is 0.123 e. The zero-order valence-electron chi connectivity index (χ0n) is 16.2. The van der Waals surface area contributed by atoms with Crippen LogP contribution in [0, 0.1) is 29.6 Å². The number of rotatable bonds is 16. The first-order valence-electron chi connectivity index (χ1n) is 9.99. The number of hydrogen-bond acceptors (Lipinski definition) is 3. The van der Waals surface area contributed by atoms with E-state index in [1.165, 1.54) is 0 Å². The summed E-state index contributed by atoms with van der Waals surface area (Å²) in [5, 5.41) is 0. The van der Waals surface area contributed by atoms with E-state index in [1.807, 2.05) is 0 Å². The second kappa shape index (κ2) is 14.4. The van der Waals surface area contributed by atoms with Gasteiger partial charge >= 0.3 is 0 Å². The van der Waals surface area contributed by atoms with Crippen LogP contribution in [-0.4, -0.2) is 18.9 Å². The third kappa shape index (κ3) is 7.27. The summed E-state index contributed by atoms with van der Waals surface area (Å²) in [6, 6.07) is 0. The fourth-order valence-electron chi connectivity index (χ4n) is 4.17. The maximum Gasteiger partial charge on any atom is 0.123 e. The molecule has 0 fully saturated rings. The van der Waals surface area contributed by atoms with Gasteiger partial charge in [-0.2, -0.15) is 0 Å². The summed E-state index contributed by atoms with van der Waals surface area (Å²) in [6.45, 7) is 8.56. The van der Waals surface area contributed by atoms with E-state index >= 15 is 0 Å². The lowest BCUT2D eigenvalue weighted by atomic mass is 9.67. The lowest BCUT2D eigenvalue weighted by Crippen LogP contribution is -2.35. The monoisotopic (exact) mass is 338 g/mol. The molecule has 4 unspecified atom stereocenters. The molecule has 0 bridgehead atoms. The largest absolute Gasteiger partial charge is 0.303 e. The van der Waals surface area contributed by atoms with Crippen molar-refractivity contribution >= 4 is 18.9 Å². The van der Waals surface area contributed by atoms with Gasteiger partial charge in [0.1, 0.15) is 18.9 Å². The number of carbonyl (C=O) groups excluding carboxylic acids is 3. The molecule has 0 aliphatic rings. The molecule has 140 valence electrons. The van der Waals surface area contributed by atoms with Gasteiger partial charge in [0.2, 0.25) is 0 Å². The molecular weight excluding hydrogens is 300 g/mol. The summed E-state index contributed by atoms with van der Waals surface area (Å²) in [6.07, 6.45) is 11.4. The maximum atomic E-state index is 12.0. The van der Waals surface area contributed by atoms with Gasteiger partial charge in [0.05, 0.1) is 0 Å². The fourth-order valence-corrected chi connectivity index (χ4v) is 4.17. The highest BCUT2D eigenvalue weighted by Gasteiger charge is 2.36. The highest BCUT2D eigenvalue weighted by Crippen LogP contribution is 2.38. The van der Waals surface area contributed by atoms with Gasteiger partial charge in [-0.25, -0.2) is 0 Å². The molecule has 0 aliphatic heterocycles. The Morgan fingerprint density at radius 2 is 1.25 bits per heavy atom. The van der Waals surface area contributed by atoms with E-state index in [0.717, 1.165) is 70.2 Å². The third-order valence-electron chi connectivity index (χ3n) is 5.75. The Balaban J connectivity index is 5.45. The number of unbranched alkanes of at least 4 members (excludes halogenated alkanes) is 2. The molecule has 0 saturated carbocycles. The van der Waals surface area contributed by atoms with Gasteiger partial charge in [0, 0.05) is 18.3 Å². The van der Waals surface area contributed by atoms with Gasteiger partial charge < -0.3 is 14.4 Å². The first-order valence-corrected chi connectivity index (χ1v) is 9.99. The van der Waals surface area contributed by atoms with E-state index < -0.39 is 0 Å². The van der Waals surface area contributed by atoms with Crippen LogP contribution in [0.3, 0.4) is 0 Å². The maximum absolute atomic E-state index is 12.0. The van der Waals surface area contributed by atoms with Gasteiger partial charge in [-0.15, -0.1) is 0 Å². The van der Waals surface area contributed by atoms with Crippen LogP contribution in [0.1, 0.15) is 85.5 Å². The molecule has 0 aromatic carbocycles. The predicted octanol–water partition coefficient (Wildman–Crippen LogP) is 5.25. The van der Waals surface area contributed by atoms with Crippen molar-refractivity contribution in [3.8, 4) is 0 Å². The van der Waals surface area contributed by atoms with Crippen LogP contribution >= 0.6 is 0 Å². The van der Waals surface area contributed by atoms with Crippen molar-refractivity contribution in [2.24, 2.45) is 29.6 Å². The summed E-state index contributed by atoms with van der Waals surface area (Å²) >= 11 is 0. The minimum atomic E-state index is -0.0717. The Morgan fingerprint density at radius 3 is 1.67 bits per heavy atom. The van der Waals surface area contributed by atoms with Gasteiger partial charge in [-0.05, 0) is 37.0 Å². The highest BCUT2D eigenvalue weighted by atomic mass is 16.1. The Bertz CT molecular complexity index is 336. The molecule has 0 N–H and O–H groups in total. The molecule has 24 heavy (non-hydrogen) atoms. The topological polar surface area (TPSA) is 51.2 Å². The normalized spacial score (nSPS) is 16.4. The summed E-state index contributed by atoms with van der Waals surface area (Å²) in [4.78, 5) is 34.6. The highest BCUT2D eigenvalue weighted by molar-refractivity contribution is 5.60. The van der Waals surface area contributed by atoms with Crippen LogP contribution < -0.4 is 0 Å². The van der Waals surface area contributed by atoms with Crippen LogP contribution in [0.4, 0.5) is 0 Å². The van der Waals surface area contributed by atoms with Crippen LogP contribution in [0.5, 0.6) is 0 Å². The molecule has 0 amide bonds. The lowest BCUT2D eigenvalue weighted by Gasteiger charge is -2.36. The molecule has 0 aliphatic carbocycles. The van der Waals surface area contributed by atoms with Gasteiger partial charge in [0.15, 0.2) is 0 Å². The van der Waals surface area contributed by atoms with Crippen LogP contribution in [0.25, 0.3) is 0 Å². The first-order chi connectivity index (χ1) is 11.6. The van der Waals surface area contributed by atoms with E-state index in [-0.39, 0.29) is 17.8 Å². The first kappa shape index (κ1) is 23.0. The van der Waals surface area contributed by atoms with E-state index in [2.05, 4.69) is 27.7 Å². The fraction of sp³-hybridized carbons (Fsp3) is 0.857. The van der Waals surface area contributed by atoms with Crippen molar-refractivity contribution in [2.45, 2.75) is 85.5 Å². The molecule has 0 radical (unpaired) electrons. The molecule has 0 rings (SSSR count). The summed E-state index contributed by atoms with van der Waals surface area (Å²) in [5.41, 5.74) is 0. The van der Waals surface area contributed by atoms with E-state index in [0.29, 0.717) is 18.3 Å². The molecular formula is C21H38O3. The third-order valence-corrected chi connectivity index (χ3v) is 5.75. The van der Waals surface area contributed by atoms with Crippen LogP contribution in [-0.2, 0) is 14.4 Å². The standard InChI is InChI=1S/C21H38O3/c1-5-9-12-18(8-4)21(16-24)19(13-10-11-14-22)20(15-23)17(6-2)7-3/h14-21H,5-13H2,1-4H3. The van der Waals surface area contributed by atoms with Gasteiger partial charge in [-0.1, -0.05) is 59.8 Å². The summed E-state index contributed by atoms with van der Waals surface area (Å²) < 4.78 is 0. The number of carbonyl (C=O) groups is 3. The Morgan fingerprint density at radius 1 is 0.708 bits per heavy atom. The zero-order chi connectivity index (χ0) is 18.4. The Labute approximate surface area is 149 Å². The summed E-state index contributed by atoms with van der Waals surface area (Å²) in [7, 11) is 0. The number of aldehydes is 3. The van der Waals surface area contributed by atoms with Crippen molar-refractivity contribution < 1.29 is 14.4 Å². The molecule has 0 heterocycles. The van der Waals surface area contributed by atoms with Crippen LogP contribution in [0.15, 0.2) is 0 Å². The second-order valence-corrected chi connectivity index (χ2v) is 7.08. The van der Waals surface area contributed by atoms with E-state index in [4.69, 9.17) is 0 Å². The average Bonchev–Trinajstić information content (AvgIpc) is 2.61. The average molecular weight is 339 g/mol. The van der Waals surface area contributed by atoms with E-state index in [1.54, 1.807) is 0 Å². The lowest BCUT2D eigenvalue weighted by molar-refractivity contribution is -0.120. The van der Waals surface area contributed by atoms with Crippen molar-refractivity contribution in [1.82, 2.24) is 0 Å². The molecule has 0 spiro atoms. The van der Waals surface area contributed by atoms with E-state index in [9.17, 15) is 14.4 Å². The predicted molar refractivity (Wildman–Crippen MR) is 99.9 cm³/mol. The van der Waals surface area contributed by atoms with Crippen molar-refractivity contribution in [3.63, 3.8) is 0 Å². The number of hydrogen-bond donors (Lipinski definition) is 0. The summed E-state index contributed by atoms with van der Waals surface area (Å²) in [5.74, 6) is 0.614.